The Balaban J connectivity index is 1.71. The molecule has 112 valence electrons. The van der Waals surface area contributed by atoms with Crippen LogP contribution in [0.3, 0.4) is 0 Å². The van der Waals surface area contributed by atoms with Gasteiger partial charge in [-0.15, -0.1) is 0 Å². The van der Waals surface area contributed by atoms with E-state index in [1.807, 2.05) is 0 Å². The van der Waals surface area contributed by atoms with Gasteiger partial charge in [-0.2, -0.15) is 0 Å². The average Bonchev–Trinajstić information content (AvgIpc) is 2.39. The van der Waals surface area contributed by atoms with Crippen LogP contribution in [0, 0.1) is 11.8 Å². The number of halogens is 1. The second-order valence-electron chi connectivity index (χ2n) is 6.81. The highest BCUT2D eigenvalue weighted by Crippen LogP contribution is 2.26. The highest BCUT2D eigenvalue weighted by atomic mass is 19.1. The Morgan fingerprint density at radius 2 is 1.79 bits per heavy atom. The molecular weight excluding hydrogens is 239 g/mol. The van der Waals surface area contributed by atoms with Crippen LogP contribution in [0.25, 0.3) is 0 Å². The highest BCUT2D eigenvalue weighted by Gasteiger charge is 2.30. The molecule has 0 spiro atoms. The Morgan fingerprint density at radius 1 is 1.11 bits per heavy atom. The minimum absolute atomic E-state index is 0.319. The first-order valence-corrected chi connectivity index (χ1v) is 8.20. The maximum atomic E-state index is 14.0. The molecule has 0 amide bonds. The normalized spacial score (nSPS) is 32.1. The van der Waals surface area contributed by atoms with Crippen molar-refractivity contribution in [3.63, 3.8) is 0 Å². The first-order valence-electron chi connectivity index (χ1n) is 8.20. The topological polar surface area (TPSA) is 6.48 Å². The lowest BCUT2D eigenvalue weighted by atomic mass is 9.90. The molecule has 19 heavy (non-hydrogen) atoms. The zero-order valence-corrected chi connectivity index (χ0v) is 12.9. The number of piperidine rings is 2. The van der Waals surface area contributed by atoms with Crippen LogP contribution in [0.15, 0.2) is 0 Å². The summed E-state index contributed by atoms with van der Waals surface area (Å²) in [5.74, 6) is 1.11. The zero-order valence-electron chi connectivity index (χ0n) is 12.9. The monoisotopic (exact) mass is 270 g/mol. The van der Waals surface area contributed by atoms with Crippen LogP contribution in [0.4, 0.5) is 4.39 Å². The van der Waals surface area contributed by atoms with Crippen LogP contribution in [-0.2, 0) is 0 Å². The predicted octanol–water partition coefficient (Wildman–Crippen LogP) is 3.18. The molecule has 3 heteroatoms. The third-order valence-corrected chi connectivity index (χ3v) is 5.18. The van der Waals surface area contributed by atoms with Gasteiger partial charge >= 0.3 is 0 Å². The highest BCUT2D eigenvalue weighted by molar-refractivity contribution is 4.83. The van der Waals surface area contributed by atoms with E-state index in [0.717, 1.165) is 31.8 Å². The van der Waals surface area contributed by atoms with Crippen molar-refractivity contribution in [2.75, 3.05) is 32.7 Å². The maximum Gasteiger partial charge on any atom is 0.116 e. The van der Waals surface area contributed by atoms with Gasteiger partial charge in [0.25, 0.3) is 0 Å². The minimum atomic E-state index is -0.588. The summed E-state index contributed by atoms with van der Waals surface area (Å²) in [5, 5.41) is 0. The molecule has 2 rings (SSSR count). The third-order valence-electron chi connectivity index (χ3n) is 5.18. The molecule has 2 atom stereocenters. The van der Waals surface area contributed by atoms with E-state index in [2.05, 4.69) is 30.6 Å². The van der Waals surface area contributed by atoms with E-state index >= 15 is 0 Å². The maximum absolute atomic E-state index is 14.0. The van der Waals surface area contributed by atoms with Gasteiger partial charge in [-0.3, -0.25) is 0 Å². The van der Waals surface area contributed by atoms with Gasteiger partial charge in [0.2, 0.25) is 0 Å². The molecule has 0 N–H and O–H groups in total. The molecular formula is C16H31FN2. The average molecular weight is 270 g/mol. The summed E-state index contributed by atoms with van der Waals surface area (Å²) in [6.45, 7) is 12.1. The number of likely N-dealkylation sites (tertiary alicyclic amines) is 2. The Morgan fingerprint density at radius 3 is 2.32 bits per heavy atom. The molecule has 0 bridgehead atoms. The van der Waals surface area contributed by atoms with Crippen molar-refractivity contribution in [3.8, 4) is 0 Å². The molecule has 0 aromatic carbocycles. The SMILES string of the molecule is CCC1CCN(CC2CCN(C(C)C)CC2)CC1F. The van der Waals surface area contributed by atoms with Crippen molar-refractivity contribution in [1.82, 2.24) is 9.80 Å². The fraction of sp³-hybridized carbons (Fsp3) is 1.00. The molecule has 2 fully saturated rings. The van der Waals surface area contributed by atoms with E-state index in [4.69, 9.17) is 0 Å². The van der Waals surface area contributed by atoms with Crippen molar-refractivity contribution < 1.29 is 4.39 Å². The Labute approximate surface area is 118 Å². The summed E-state index contributed by atoms with van der Waals surface area (Å²) in [6.07, 6.45) is 4.06. The summed E-state index contributed by atoms with van der Waals surface area (Å²) in [4.78, 5) is 4.95. The molecule has 0 aliphatic carbocycles. The lowest BCUT2D eigenvalue weighted by molar-refractivity contribution is 0.0571. The molecule has 0 aromatic rings. The standard InChI is InChI=1S/C16H31FN2/c1-4-15-7-8-18(12-16(15)17)11-14-5-9-19(10-6-14)13(2)3/h13-16H,4-12H2,1-3H3. The minimum Gasteiger partial charge on any atom is -0.301 e. The number of hydrogen-bond donors (Lipinski definition) is 0. The van der Waals surface area contributed by atoms with Crippen LogP contribution in [0.1, 0.15) is 46.5 Å². The Kier molecular flexibility index (Phi) is 5.64. The molecule has 2 aliphatic rings. The van der Waals surface area contributed by atoms with Gasteiger partial charge in [0.05, 0.1) is 0 Å². The van der Waals surface area contributed by atoms with E-state index < -0.39 is 6.17 Å². The molecule has 0 aromatic heterocycles. The fourth-order valence-corrected chi connectivity index (χ4v) is 3.66. The van der Waals surface area contributed by atoms with Crippen LogP contribution in [-0.4, -0.2) is 54.7 Å². The number of rotatable bonds is 4. The van der Waals surface area contributed by atoms with Crippen LogP contribution in [0.5, 0.6) is 0 Å². The van der Waals surface area contributed by atoms with E-state index in [-0.39, 0.29) is 0 Å². The van der Waals surface area contributed by atoms with Gasteiger partial charge < -0.3 is 9.80 Å². The number of nitrogens with zero attached hydrogens (tertiary/aromatic N) is 2. The summed E-state index contributed by atoms with van der Waals surface area (Å²) in [6, 6.07) is 0.677. The summed E-state index contributed by atoms with van der Waals surface area (Å²) >= 11 is 0. The van der Waals surface area contributed by atoms with Crippen molar-refractivity contribution in [2.24, 2.45) is 11.8 Å². The van der Waals surface area contributed by atoms with Crippen LogP contribution in [0.2, 0.25) is 0 Å². The summed E-state index contributed by atoms with van der Waals surface area (Å²) in [7, 11) is 0. The Bertz CT molecular complexity index is 261. The molecule has 2 nitrogen and oxygen atoms in total. The van der Waals surface area contributed by atoms with Gasteiger partial charge in [0.1, 0.15) is 6.17 Å². The second-order valence-corrected chi connectivity index (χ2v) is 6.81. The van der Waals surface area contributed by atoms with Gasteiger partial charge in [0, 0.05) is 19.1 Å². The Hall–Kier alpha value is -0.150. The first-order chi connectivity index (χ1) is 9.10. The lowest BCUT2D eigenvalue weighted by Crippen LogP contribution is -2.46. The molecule has 2 saturated heterocycles. The fourth-order valence-electron chi connectivity index (χ4n) is 3.66. The van der Waals surface area contributed by atoms with E-state index in [1.54, 1.807) is 0 Å². The molecule has 2 heterocycles. The van der Waals surface area contributed by atoms with E-state index in [0.29, 0.717) is 18.5 Å². The molecule has 0 radical (unpaired) electrons. The van der Waals surface area contributed by atoms with Crippen LogP contribution >= 0.6 is 0 Å². The largest absolute Gasteiger partial charge is 0.301 e. The molecule has 0 saturated carbocycles. The quantitative estimate of drug-likeness (QED) is 0.774. The van der Waals surface area contributed by atoms with Crippen LogP contribution < -0.4 is 0 Å². The second kappa shape index (κ2) is 7.03. The summed E-state index contributed by atoms with van der Waals surface area (Å²) in [5.41, 5.74) is 0. The smallest absolute Gasteiger partial charge is 0.116 e. The third kappa shape index (κ3) is 4.16. The van der Waals surface area contributed by atoms with Gasteiger partial charge in [-0.25, -0.2) is 4.39 Å². The summed E-state index contributed by atoms with van der Waals surface area (Å²) < 4.78 is 14.0. The number of alkyl halides is 1. The van der Waals surface area contributed by atoms with Crippen molar-refractivity contribution >= 4 is 0 Å². The predicted molar refractivity (Wildman–Crippen MR) is 79.2 cm³/mol. The van der Waals surface area contributed by atoms with E-state index in [1.165, 1.54) is 25.9 Å². The van der Waals surface area contributed by atoms with Gasteiger partial charge in [0.15, 0.2) is 0 Å². The van der Waals surface area contributed by atoms with Crippen molar-refractivity contribution in [3.05, 3.63) is 0 Å². The first kappa shape index (κ1) is 15.2. The van der Waals surface area contributed by atoms with Gasteiger partial charge in [-0.05, 0) is 64.6 Å². The van der Waals surface area contributed by atoms with E-state index in [9.17, 15) is 4.39 Å². The number of hydrogen-bond acceptors (Lipinski definition) is 2. The molecule has 2 aliphatic heterocycles. The van der Waals surface area contributed by atoms with Crippen molar-refractivity contribution in [1.29, 1.82) is 0 Å². The lowest BCUT2D eigenvalue weighted by Gasteiger charge is -2.39. The van der Waals surface area contributed by atoms with Crippen molar-refractivity contribution in [2.45, 2.75) is 58.7 Å². The van der Waals surface area contributed by atoms with Gasteiger partial charge in [-0.1, -0.05) is 13.3 Å². The zero-order chi connectivity index (χ0) is 13.8. The molecule has 2 unspecified atom stereocenters.